The highest BCUT2D eigenvalue weighted by molar-refractivity contribution is 6.32. The predicted octanol–water partition coefficient (Wildman–Crippen LogP) is 18.8. The number of halogens is 11. The maximum atomic E-state index is 13.5. The smallest absolute Gasteiger partial charge is 0.491 e. The molecule has 1 aliphatic heterocycles. The van der Waals surface area contributed by atoms with Gasteiger partial charge in [0.25, 0.3) is 29.5 Å². The molecule has 0 saturated heterocycles. The molecule has 8 aromatic rings. The number of Topliss-reactive ketones (excluding diaryl/α,β-unsaturated/α-hetero) is 3. The molecule has 12 saturated carbocycles. The van der Waals surface area contributed by atoms with Crippen molar-refractivity contribution in [3.63, 3.8) is 0 Å². The number of hydrogen-bond donors (Lipinski definition) is 5. The van der Waals surface area contributed by atoms with Crippen molar-refractivity contribution < 1.29 is 102 Å². The molecule has 32 heteroatoms. The Labute approximate surface area is 736 Å². The molecule has 8 bridgehead atoms. The summed E-state index contributed by atoms with van der Waals surface area (Å²) in [5.41, 5.74) is 1.24. The lowest BCUT2D eigenvalue weighted by Crippen LogP contribution is -2.75. The molecule has 12 fully saturated rings. The number of nitrogens with one attached hydrogen (secondary N) is 5. The number of rotatable bonds is 30. The van der Waals surface area contributed by atoms with E-state index >= 15 is 0 Å². The minimum Gasteiger partial charge on any atom is -0.491 e. The Morgan fingerprint density at radius 3 is 1.35 bits per heavy atom. The fraction of sp³-hybridized carbons (Fsp3) is 0.409. The fourth-order valence-electron chi connectivity index (χ4n) is 19.5. The van der Waals surface area contributed by atoms with Gasteiger partial charge in [0.2, 0.25) is 0 Å². The van der Waals surface area contributed by atoms with E-state index in [0.29, 0.717) is 71.7 Å². The summed E-state index contributed by atoms with van der Waals surface area (Å²) in [5, 5.41) is 15.9. The van der Waals surface area contributed by atoms with Crippen LogP contribution in [-0.2, 0) is 19.2 Å². The van der Waals surface area contributed by atoms with Gasteiger partial charge in [-0.25, -0.2) is 22.0 Å². The molecule has 125 heavy (non-hydrogen) atoms. The van der Waals surface area contributed by atoms with Crippen molar-refractivity contribution in [1.29, 1.82) is 0 Å². The number of benzene rings is 7. The van der Waals surface area contributed by atoms with Crippen molar-refractivity contribution in [3.8, 4) is 40.2 Å². The number of ketones is 3. The van der Waals surface area contributed by atoms with Gasteiger partial charge >= 0.3 is 6.29 Å². The van der Waals surface area contributed by atoms with Gasteiger partial charge < -0.3 is 59.7 Å². The summed E-state index contributed by atoms with van der Waals surface area (Å²) in [6.07, 6.45) is 8.28. The van der Waals surface area contributed by atoms with Crippen LogP contribution in [-0.4, -0.2) is 118 Å². The van der Waals surface area contributed by atoms with Gasteiger partial charge in [-0.15, -0.1) is 8.78 Å². The molecule has 2 atom stereocenters. The lowest BCUT2D eigenvalue weighted by molar-refractivity contribution is -0.286. The molecular weight excluding hydrogens is 1720 g/mol. The number of fused-ring (bicyclic) bond motifs is 4. The minimum atomic E-state index is -3.72. The Hall–Kier alpha value is -10.7. The van der Waals surface area contributed by atoms with Crippen LogP contribution in [0.25, 0.3) is 0 Å². The molecule has 0 radical (unpaired) electrons. The molecule has 7 aromatic carbocycles. The van der Waals surface area contributed by atoms with Crippen LogP contribution in [0.2, 0.25) is 20.1 Å². The lowest BCUT2D eigenvalue weighted by Gasteiger charge is -2.70. The number of carbonyl (C=O) groups is 8. The fourth-order valence-corrected chi connectivity index (χ4v) is 20.0. The number of aromatic nitrogens is 1. The average Bonchev–Trinajstić information content (AvgIpc) is 1.01. The lowest BCUT2D eigenvalue weighted by atomic mass is 9.38. The number of nitrogens with zero attached hydrogens (tertiary/aromatic N) is 1. The van der Waals surface area contributed by atoms with Gasteiger partial charge in [0, 0.05) is 98.6 Å². The molecule has 5 amide bonds. The quantitative estimate of drug-likeness (QED) is 0.0207. The number of pyridine rings is 1. The topological polar surface area (TPSA) is 274 Å². The highest BCUT2D eigenvalue weighted by Gasteiger charge is 2.71. The van der Waals surface area contributed by atoms with Crippen LogP contribution in [0.3, 0.4) is 0 Å². The monoisotopic (exact) mass is 1800 g/mol. The first-order valence-electron chi connectivity index (χ1n) is 40.9. The zero-order valence-corrected chi connectivity index (χ0v) is 71.8. The summed E-state index contributed by atoms with van der Waals surface area (Å²) >= 11 is 22.9. The van der Waals surface area contributed by atoms with E-state index in [9.17, 15) is 69.1 Å². The van der Waals surface area contributed by atoms with Crippen molar-refractivity contribution in [2.75, 3.05) is 26.4 Å². The summed E-state index contributed by atoms with van der Waals surface area (Å²) in [6.45, 7) is 8.63. The SMILES string of the molecule is CC(C)Oc1ccc(C(=O)CC23CC(NC(=O)COc4ccc(Cl)c(F)c4)(C2)C3)cc1.CC(F)c1ccc(C(=O)CC23CC(NC(=O)COc4ccc(Cl)c(F)c4)(C2)C3)nc1.CC1CC2(NC(=O)c3ccc(F)cc3)CCC1(NC(=O)COc1ccc(Cl)c(F)c1)CC2.Cc1cc(OCC(=O)CC23CC(NC(=O)c4ccc5c(c4)OC(F)(F)O5)(C2)C3)ccc1Cl. The first-order chi connectivity index (χ1) is 59.1. The minimum absolute atomic E-state index is 0.00495. The van der Waals surface area contributed by atoms with Gasteiger partial charge in [0.05, 0.1) is 21.2 Å². The van der Waals surface area contributed by atoms with Crippen molar-refractivity contribution in [2.24, 2.45) is 22.2 Å². The number of hydrogen-bond acceptors (Lipinski definition) is 16. The molecule has 2 heterocycles. The van der Waals surface area contributed by atoms with Gasteiger partial charge in [-0.2, -0.15) is 0 Å². The van der Waals surface area contributed by atoms with Crippen LogP contribution in [0, 0.1) is 52.4 Å². The molecule has 2 unspecified atom stereocenters. The number of aryl methyl sites for hydroxylation is 1. The molecule has 0 spiro atoms. The van der Waals surface area contributed by atoms with E-state index in [4.69, 9.17) is 70.1 Å². The second kappa shape index (κ2) is 36.0. The molecule has 13 aliphatic rings. The summed E-state index contributed by atoms with van der Waals surface area (Å²) in [4.78, 5) is 104. The molecular formula is C93H91Cl4F7N6O15. The summed E-state index contributed by atoms with van der Waals surface area (Å²) in [7, 11) is 0. The molecule has 660 valence electrons. The third kappa shape index (κ3) is 21.2. The van der Waals surface area contributed by atoms with Gasteiger partial charge in [-0.3, -0.25) is 43.3 Å². The maximum Gasteiger partial charge on any atom is 0.586 e. The molecule has 21 nitrogen and oxygen atoms in total. The Morgan fingerprint density at radius 2 is 0.880 bits per heavy atom. The second-order valence-electron chi connectivity index (χ2n) is 35.4. The zero-order chi connectivity index (χ0) is 89.4. The van der Waals surface area contributed by atoms with Crippen molar-refractivity contribution in [1.82, 2.24) is 31.6 Å². The van der Waals surface area contributed by atoms with Gasteiger partial charge in [-0.1, -0.05) is 59.4 Å². The zero-order valence-electron chi connectivity index (χ0n) is 68.8. The Bertz CT molecular complexity index is 5430. The normalized spacial score (nSPS) is 25.2. The van der Waals surface area contributed by atoms with E-state index < -0.39 is 29.9 Å². The third-order valence-corrected chi connectivity index (χ3v) is 26.3. The highest BCUT2D eigenvalue weighted by atomic mass is 35.5. The largest absolute Gasteiger partial charge is 0.586 e. The van der Waals surface area contributed by atoms with E-state index in [0.717, 1.165) is 100 Å². The second-order valence-corrected chi connectivity index (χ2v) is 37.0. The number of ether oxygens (including phenoxy) is 7. The van der Waals surface area contributed by atoms with Crippen LogP contribution in [0.15, 0.2) is 158 Å². The Morgan fingerprint density at radius 1 is 0.456 bits per heavy atom. The van der Waals surface area contributed by atoms with Crippen LogP contribution in [0.5, 0.6) is 40.2 Å². The van der Waals surface area contributed by atoms with E-state index in [-0.39, 0.29) is 184 Å². The van der Waals surface area contributed by atoms with Gasteiger partial charge in [0.15, 0.2) is 48.7 Å². The average molecular weight is 1810 g/mol. The summed E-state index contributed by atoms with van der Waals surface area (Å²) in [5.74, 6) is -1.57. The van der Waals surface area contributed by atoms with E-state index in [1.54, 1.807) is 42.5 Å². The first-order valence-corrected chi connectivity index (χ1v) is 42.5. The number of alkyl halides is 3. The van der Waals surface area contributed by atoms with Crippen molar-refractivity contribution >= 4 is 93.3 Å². The van der Waals surface area contributed by atoms with Gasteiger partial charge in [0.1, 0.15) is 70.5 Å². The third-order valence-electron chi connectivity index (χ3n) is 24.9. The summed E-state index contributed by atoms with van der Waals surface area (Å²) < 4.78 is 129. The van der Waals surface area contributed by atoms with Gasteiger partial charge in [-0.05, 0) is 273 Å². The van der Waals surface area contributed by atoms with Crippen LogP contribution < -0.4 is 59.7 Å². The Kier molecular flexibility index (Phi) is 26.1. The van der Waals surface area contributed by atoms with E-state index in [1.807, 2.05) is 32.9 Å². The first kappa shape index (κ1) is 90.6. The molecule has 5 N–H and O–H groups in total. The highest BCUT2D eigenvalue weighted by Crippen LogP contribution is 2.71. The van der Waals surface area contributed by atoms with E-state index in [1.165, 1.54) is 92.0 Å². The maximum absolute atomic E-state index is 13.5. The standard InChI is InChI=1S/C24H25ClF2N2O3.C24H25ClFNO4.C23H20ClF2NO5.C22H21ClF2N2O3/c1-15-13-23(29-22(31)16-2-4-17(26)5-3-16)8-10-24(15,11-9-23)28-21(30)14-32-18-6-7-19(25)20(27)12-18;1-15(2)31-17-5-3-16(4-6-17)21(28)10-23-12-24(13-23,14-23)27-22(29)11-30-18-7-8-19(25)20(26)9-18;1-13-6-16(3-4-17(13)24)30-9-15(28)8-21-10-22(11-21,12-21)27-20(29)14-2-5-18-19(7-14)32-23(25,26)31-18;1-13(24)14-2-5-18(26-8-14)19(28)7-21-10-22(11-21,12-21)27-20(29)9-30-15-3-4-16(23)17(25)6-15/h2-7,12,15H,8-11,13-14H2,1H3,(H,28,30)(H,29,31);3-9,15H,10-14H2,1-2H3,(H,27,29);2-7H,8-12H2,1H3,(H,27,29);2-6,8,13H,7,9-12H2,1H3,(H,27,29). The van der Waals surface area contributed by atoms with Crippen LogP contribution in [0.1, 0.15) is 196 Å². The van der Waals surface area contributed by atoms with E-state index in [2.05, 4.69) is 48.0 Å². The Balaban J connectivity index is 0.000000135. The number of amides is 5. The molecule has 21 rings (SSSR count). The van der Waals surface area contributed by atoms with Crippen LogP contribution in [0.4, 0.5) is 30.7 Å². The number of carbonyl (C=O) groups excluding carboxylic acids is 8. The predicted molar refractivity (Wildman–Crippen MR) is 449 cm³/mol. The van der Waals surface area contributed by atoms with Crippen molar-refractivity contribution in [3.05, 3.63) is 235 Å². The summed E-state index contributed by atoms with van der Waals surface area (Å²) in [6, 6.07) is 37.2. The van der Waals surface area contributed by atoms with Crippen molar-refractivity contribution in [2.45, 2.75) is 190 Å². The molecule has 12 aliphatic carbocycles. The molecule has 1 aromatic heterocycles. The van der Waals surface area contributed by atoms with Crippen LogP contribution >= 0.6 is 46.4 Å².